The lowest BCUT2D eigenvalue weighted by Crippen LogP contribution is -2.23. The Balaban J connectivity index is 1.60. The van der Waals surface area contributed by atoms with Gasteiger partial charge in [-0.15, -0.1) is 11.3 Å². The number of para-hydroxylation sites is 1. The Labute approximate surface area is 155 Å². The van der Waals surface area contributed by atoms with Gasteiger partial charge in [-0.1, -0.05) is 24.3 Å². The number of hydrogen-bond donors (Lipinski definition) is 1. The summed E-state index contributed by atoms with van der Waals surface area (Å²) in [6.07, 6.45) is 5.04. The minimum absolute atomic E-state index is 0.164. The molecule has 130 valence electrons. The molecular formula is C19H15N3O2S2. The third kappa shape index (κ3) is 3.37. The maximum absolute atomic E-state index is 12.8. The molecule has 0 saturated heterocycles. The average Bonchev–Trinajstić information content (AvgIpc) is 3.21. The number of aromatic nitrogens is 2. The fraction of sp³-hybridized carbons (Fsp3) is 0.0526. The molecule has 0 spiro atoms. The highest BCUT2D eigenvalue weighted by atomic mass is 32.2. The summed E-state index contributed by atoms with van der Waals surface area (Å²) in [4.78, 5) is 9.72. The molecule has 0 saturated carbocycles. The van der Waals surface area contributed by atoms with Crippen LogP contribution in [0.25, 0.3) is 21.3 Å². The summed E-state index contributed by atoms with van der Waals surface area (Å²) in [6, 6.07) is 14.7. The van der Waals surface area contributed by atoms with Crippen molar-refractivity contribution in [3.63, 3.8) is 0 Å². The number of nitrogens with one attached hydrogen (secondary N) is 1. The lowest BCUT2D eigenvalue weighted by Gasteiger charge is -2.09. The van der Waals surface area contributed by atoms with E-state index in [-0.39, 0.29) is 11.4 Å². The SMILES string of the molecule is O=S(=O)(NCc1cncc(-c2cccs2)c1)c1cccc2cccnc12. The van der Waals surface area contributed by atoms with Gasteiger partial charge < -0.3 is 0 Å². The fourth-order valence-corrected chi connectivity index (χ4v) is 4.61. The van der Waals surface area contributed by atoms with Crippen LogP contribution in [-0.4, -0.2) is 18.4 Å². The van der Waals surface area contributed by atoms with Crippen LogP contribution in [0.15, 0.2) is 77.4 Å². The second kappa shape index (κ2) is 6.95. The van der Waals surface area contributed by atoms with Crippen LogP contribution in [-0.2, 0) is 16.6 Å². The molecule has 0 unspecified atom stereocenters. The number of thiophene rings is 1. The first-order chi connectivity index (χ1) is 12.6. The fourth-order valence-electron chi connectivity index (χ4n) is 2.71. The third-order valence-electron chi connectivity index (χ3n) is 3.95. The predicted octanol–water partition coefficient (Wildman–Crippen LogP) is 3.84. The van der Waals surface area contributed by atoms with Gasteiger partial charge in [0.2, 0.25) is 10.0 Å². The van der Waals surface area contributed by atoms with Crippen LogP contribution in [0, 0.1) is 0 Å². The van der Waals surface area contributed by atoms with Crippen LogP contribution in [0.3, 0.4) is 0 Å². The Kier molecular flexibility index (Phi) is 4.50. The van der Waals surface area contributed by atoms with Crippen molar-refractivity contribution in [1.29, 1.82) is 0 Å². The normalized spacial score (nSPS) is 11.7. The smallest absolute Gasteiger partial charge is 0.243 e. The topological polar surface area (TPSA) is 72.0 Å². The number of benzene rings is 1. The zero-order valence-corrected chi connectivity index (χ0v) is 15.3. The van der Waals surface area contributed by atoms with Crippen LogP contribution in [0.4, 0.5) is 0 Å². The van der Waals surface area contributed by atoms with Gasteiger partial charge in [0.1, 0.15) is 4.90 Å². The predicted molar refractivity (Wildman–Crippen MR) is 103 cm³/mol. The average molecular weight is 381 g/mol. The maximum atomic E-state index is 12.8. The summed E-state index contributed by atoms with van der Waals surface area (Å²) in [7, 11) is -3.69. The number of pyridine rings is 2. The maximum Gasteiger partial charge on any atom is 0.243 e. The minimum atomic E-state index is -3.69. The highest BCUT2D eigenvalue weighted by Gasteiger charge is 2.18. The highest BCUT2D eigenvalue weighted by Crippen LogP contribution is 2.25. The molecule has 0 radical (unpaired) electrons. The monoisotopic (exact) mass is 381 g/mol. The first-order valence-electron chi connectivity index (χ1n) is 7.95. The van der Waals surface area contributed by atoms with E-state index in [1.54, 1.807) is 48.1 Å². The van der Waals surface area contributed by atoms with Gasteiger partial charge in [-0.05, 0) is 35.2 Å². The zero-order chi connectivity index (χ0) is 18.0. The van der Waals surface area contributed by atoms with Crippen LogP contribution in [0.1, 0.15) is 5.56 Å². The van der Waals surface area contributed by atoms with Crippen LogP contribution in [0.2, 0.25) is 0 Å². The molecule has 0 fully saturated rings. The van der Waals surface area contributed by atoms with Crippen molar-refractivity contribution in [2.45, 2.75) is 11.4 Å². The molecule has 0 aliphatic heterocycles. The number of rotatable bonds is 5. The molecule has 4 rings (SSSR count). The van der Waals surface area contributed by atoms with E-state index < -0.39 is 10.0 Å². The van der Waals surface area contributed by atoms with E-state index in [2.05, 4.69) is 14.7 Å². The van der Waals surface area contributed by atoms with Gasteiger partial charge in [0, 0.05) is 41.0 Å². The summed E-state index contributed by atoms with van der Waals surface area (Å²) in [5.41, 5.74) is 2.24. The summed E-state index contributed by atoms with van der Waals surface area (Å²) < 4.78 is 28.2. The van der Waals surface area contributed by atoms with Crippen molar-refractivity contribution in [2.75, 3.05) is 0 Å². The van der Waals surface area contributed by atoms with Gasteiger partial charge in [-0.2, -0.15) is 0 Å². The number of sulfonamides is 1. The van der Waals surface area contributed by atoms with E-state index in [4.69, 9.17) is 0 Å². The van der Waals surface area contributed by atoms with Gasteiger partial charge in [0.25, 0.3) is 0 Å². The molecule has 26 heavy (non-hydrogen) atoms. The Morgan fingerprint density at radius 2 is 1.92 bits per heavy atom. The van der Waals surface area contributed by atoms with Gasteiger partial charge >= 0.3 is 0 Å². The molecule has 3 aromatic heterocycles. The van der Waals surface area contributed by atoms with Crippen LogP contribution < -0.4 is 4.72 Å². The molecule has 1 aromatic carbocycles. The molecule has 0 atom stereocenters. The number of hydrogen-bond acceptors (Lipinski definition) is 5. The van der Waals surface area contributed by atoms with Crippen molar-refractivity contribution in [1.82, 2.24) is 14.7 Å². The largest absolute Gasteiger partial charge is 0.264 e. The second-order valence-electron chi connectivity index (χ2n) is 5.71. The van der Waals surface area contributed by atoms with Crippen molar-refractivity contribution < 1.29 is 8.42 Å². The lowest BCUT2D eigenvalue weighted by atomic mass is 10.2. The quantitative estimate of drug-likeness (QED) is 0.570. The van der Waals surface area contributed by atoms with E-state index >= 15 is 0 Å². The summed E-state index contributed by atoms with van der Waals surface area (Å²) in [5.74, 6) is 0. The Morgan fingerprint density at radius 3 is 2.77 bits per heavy atom. The number of nitrogens with zero attached hydrogens (tertiary/aromatic N) is 2. The van der Waals surface area contributed by atoms with Crippen molar-refractivity contribution in [3.8, 4) is 10.4 Å². The van der Waals surface area contributed by atoms with Gasteiger partial charge in [0.15, 0.2) is 0 Å². The molecule has 0 amide bonds. The number of fused-ring (bicyclic) bond motifs is 1. The molecule has 5 nitrogen and oxygen atoms in total. The minimum Gasteiger partial charge on any atom is -0.264 e. The summed E-state index contributed by atoms with van der Waals surface area (Å²) in [5, 5.41) is 2.79. The van der Waals surface area contributed by atoms with Crippen molar-refractivity contribution >= 4 is 32.3 Å². The van der Waals surface area contributed by atoms with Crippen molar-refractivity contribution in [2.24, 2.45) is 0 Å². The van der Waals surface area contributed by atoms with Gasteiger partial charge in [-0.3, -0.25) is 9.97 Å². The molecule has 4 aromatic rings. The van der Waals surface area contributed by atoms with E-state index in [9.17, 15) is 8.42 Å². The zero-order valence-electron chi connectivity index (χ0n) is 13.7. The van der Waals surface area contributed by atoms with E-state index in [0.717, 1.165) is 21.4 Å². The Hall–Kier alpha value is -2.61. The van der Waals surface area contributed by atoms with E-state index in [0.29, 0.717) is 5.52 Å². The van der Waals surface area contributed by atoms with Crippen LogP contribution >= 0.6 is 11.3 Å². The summed E-state index contributed by atoms with van der Waals surface area (Å²) >= 11 is 1.62. The van der Waals surface area contributed by atoms with Gasteiger partial charge in [0.05, 0.1) is 5.52 Å². The first-order valence-corrected chi connectivity index (χ1v) is 10.3. The van der Waals surface area contributed by atoms with Crippen LogP contribution in [0.5, 0.6) is 0 Å². The Morgan fingerprint density at radius 1 is 1.04 bits per heavy atom. The molecular weight excluding hydrogens is 366 g/mol. The standard InChI is InChI=1S/C19H15N3O2S2/c23-26(24,18-7-1-4-15-5-2-8-21-19(15)18)22-12-14-10-16(13-20-11-14)17-6-3-9-25-17/h1-11,13,22H,12H2. The lowest BCUT2D eigenvalue weighted by molar-refractivity contribution is 0.582. The molecule has 7 heteroatoms. The third-order valence-corrected chi connectivity index (χ3v) is 6.30. The van der Waals surface area contributed by atoms with Crippen molar-refractivity contribution in [3.05, 3.63) is 78.1 Å². The van der Waals surface area contributed by atoms with Gasteiger partial charge in [-0.25, -0.2) is 13.1 Å². The molecule has 0 aliphatic rings. The van der Waals surface area contributed by atoms with E-state index in [1.165, 1.54) is 0 Å². The first kappa shape index (κ1) is 16.8. The Bertz CT molecular complexity index is 1150. The molecule has 3 heterocycles. The molecule has 1 N–H and O–H groups in total. The summed E-state index contributed by atoms with van der Waals surface area (Å²) in [6.45, 7) is 0.164. The molecule has 0 aliphatic carbocycles. The van der Waals surface area contributed by atoms with E-state index in [1.807, 2.05) is 35.7 Å². The second-order valence-corrected chi connectivity index (χ2v) is 8.40. The highest BCUT2D eigenvalue weighted by molar-refractivity contribution is 7.89. The molecule has 0 bridgehead atoms.